The van der Waals surface area contributed by atoms with Crippen LogP contribution in [-0.2, 0) is 35.8 Å². The molecule has 0 radical (unpaired) electrons. The molecule has 2 unspecified atom stereocenters. The second kappa shape index (κ2) is 13.4. The molecule has 2 N–H and O–H groups in total. The average Bonchev–Trinajstić information content (AvgIpc) is 3.62. The average molecular weight is 706 g/mol. The van der Waals surface area contributed by atoms with Crippen molar-refractivity contribution in [1.29, 1.82) is 0 Å². The number of hydrogen-bond acceptors (Lipinski definition) is 6. The number of halogens is 4. The Kier molecular flexibility index (Phi) is 9.28. The predicted molar refractivity (Wildman–Crippen MR) is 167 cm³/mol. The third-order valence-corrected chi connectivity index (χ3v) is 18.3. The fourth-order valence-electron chi connectivity index (χ4n) is 7.01. The molecule has 4 aromatic carbocycles. The molecule has 2 saturated carbocycles. The summed E-state index contributed by atoms with van der Waals surface area (Å²) < 4.78 is 61.4. The van der Waals surface area contributed by atoms with Gasteiger partial charge < -0.3 is 0 Å². The molecule has 0 bridgehead atoms. The Morgan fingerprint density at radius 3 is 1.24 bits per heavy atom. The molecule has 0 aliphatic heterocycles. The first-order valence-corrected chi connectivity index (χ1v) is 18.7. The van der Waals surface area contributed by atoms with Crippen LogP contribution in [0, 0.1) is 23.3 Å². The van der Waals surface area contributed by atoms with Crippen molar-refractivity contribution in [2.75, 3.05) is 10.6 Å². The summed E-state index contributed by atoms with van der Waals surface area (Å²) in [6.45, 7) is 0. The summed E-state index contributed by atoms with van der Waals surface area (Å²) >= 11 is -6.17. The van der Waals surface area contributed by atoms with Gasteiger partial charge in [0.2, 0.25) is 0 Å². The predicted octanol–water partition coefficient (Wildman–Crippen LogP) is 5.29. The number of carbonyl (C=O) groups excluding carboxylic acids is 6. The van der Waals surface area contributed by atoms with Crippen molar-refractivity contribution in [3.8, 4) is 0 Å². The van der Waals surface area contributed by atoms with Crippen LogP contribution in [0.2, 0.25) is 8.45 Å². The Labute approximate surface area is 280 Å². The summed E-state index contributed by atoms with van der Waals surface area (Å²) in [4.78, 5) is 78.9. The first-order chi connectivity index (χ1) is 23.5. The molecule has 0 aromatic heterocycles. The molecule has 4 aromatic rings. The van der Waals surface area contributed by atoms with E-state index in [1.807, 2.05) is 0 Å². The molecular formula is C36H26F4N2O6Ti. The van der Waals surface area contributed by atoms with Gasteiger partial charge in [0.25, 0.3) is 0 Å². The van der Waals surface area contributed by atoms with Crippen LogP contribution in [0.5, 0.6) is 0 Å². The topological polar surface area (TPSA) is 126 Å². The molecule has 6 rings (SSSR count). The number of ketones is 4. The van der Waals surface area contributed by atoms with Crippen LogP contribution in [0.1, 0.15) is 46.4 Å². The molecule has 0 heterocycles. The van der Waals surface area contributed by atoms with Crippen LogP contribution >= 0.6 is 0 Å². The minimum atomic E-state index is -6.17. The Balaban J connectivity index is 1.65. The molecule has 0 spiro atoms. The zero-order valence-corrected chi connectivity index (χ0v) is 27.1. The normalized spacial score (nSPS) is 17.8. The molecular weight excluding hydrogens is 680 g/mol. The number of nitrogens with one attached hydrogen (secondary N) is 2. The van der Waals surface area contributed by atoms with Gasteiger partial charge in [-0.15, -0.1) is 0 Å². The fraction of sp³-hybridized carbons (Fsp3) is 0.167. The third kappa shape index (κ3) is 5.85. The summed E-state index contributed by atoms with van der Waals surface area (Å²) in [6, 6.07) is 18.4. The Hall–Kier alpha value is -5.07. The Morgan fingerprint density at radius 2 is 0.918 bits per heavy atom. The zero-order valence-electron chi connectivity index (χ0n) is 25.5. The molecule has 0 saturated heterocycles. The Bertz CT molecular complexity index is 1910. The van der Waals surface area contributed by atoms with E-state index in [9.17, 15) is 28.8 Å². The summed E-state index contributed by atoms with van der Waals surface area (Å²) in [5.41, 5.74) is -1.06. The van der Waals surface area contributed by atoms with Gasteiger partial charge in [0, 0.05) is 0 Å². The van der Waals surface area contributed by atoms with Crippen molar-refractivity contribution in [3.63, 3.8) is 0 Å². The first kappa shape index (κ1) is 33.8. The maximum absolute atomic E-state index is 17.0. The number of hydrogen-bond donors (Lipinski definition) is 2. The van der Waals surface area contributed by atoms with Crippen LogP contribution in [0.3, 0.4) is 0 Å². The van der Waals surface area contributed by atoms with E-state index in [1.165, 1.54) is 24.3 Å². The van der Waals surface area contributed by atoms with Crippen LogP contribution in [0.25, 0.3) is 0 Å². The van der Waals surface area contributed by atoms with Gasteiger partial charge in [0.05, 0.1) is 0 Å². The van der Waals surface area contributed by atoms with Gasteiger partial charge in [-0.05, 0) is 0 Å². The van der Waals surface area contributed by atoms with Gasteiger partial charge in [0.1, 0.15) is 0 Å². The van der Waals surface area contributed by atoms with Crippen LogP contribution in [0.4, 0.5) is 28.9 Å². The molecule has 248 valence electrons. The standard InChI is InChI=1S/2C13H8F2NO.2C5H5O2.Ti/c2*14-10-6-7-12(11(15)8-10)16-13(17)9-4-2-1-3-5-9;2*6-4-2-1-3-5(4)7;/h2*1-7H,(H,16,17);2*2H,1,3H2;. The first-order valence-electron chi connectivity index (χ1n) is 15.3. The van der Waals surface area contributed by atoms with Crippen molar-refractivity contribution in [2.24, 2.45) is 0 Å². The minimum absolute atomic E-state index is 0.0904. The molecule has 2 aliphatic rings. The van der Waals surface area contributed by atoms with Crippen LogP contribution < -0.4 is 18.4 Å². The van der Waals surface area contributed by atoms with Crippen molar-refractivity contribution in [1.82, 2.24) is 0 Å². The van der Waals surface area contributed by atoms with Gasteiger partial charge in [-0.3, -0.25) is 0 Å². The van der Waals surface area contributed by atoms with E-state index < -0.39 is 128 Å². The van der Waals surface area contributed by atoms with Gasteiger partial charge >= 0.3 is 281 Å². The summed E-state index contributed by atoms with van der Waals surface area (Å²) in [6.07, 6.45) is -1.64. The second-order valence-electron chi connectivity index (χ2n) is 11.8. The number of rotatable bonds is 8. The molecule has 2 fully saturated rings. The van der Waals surface area contributed by atoms with E-state index in [0.29, 0.717) is 0 Å². The maximum atomic E-state index is 17.0. The fourth-order valence-corrected chi connectivity index (χ4v) is 17.0. The van der Waals surface area contributed by atoms with E-state index in [0.717, 1.165) is 24.3 Å². The SMILES string of the molecule is O=C1CC[CH]([Ti]([c]2c(F)ccc(NC(=O)c3ccccc3)c2F)([c]2c(F)ccc(NC(=O)c3ccccc3)c2F)[CH]2CCC(=O)C2=O)C1=O. The van der Waals surface area contributed by atoms with Crippen molar-refractivity contribution in [3.05, 3.63) is 119 Å². The number of Topliss-reactive ketones (excluding diaryl/α,β-unsaturated/α-hetero) is 4. The number of benzene rings is 4. The quantitative estimate of drug-likeness (QED) is 0.146. The molecule has 2 amide bonds. The van der Waals surface area contributed by atoms with Gasteiger partial charge in [0.15, 0.2) is 0 Å². The van der Waals surface area contributed by atoms with Gasteiger partial charge in [-0.1, -0.05) is 0 Å². The second-order valence-corrected chi connectivity index (χ2v) is 18.3. The van der Waals surface area contributed by atoms with Crippen molar-refractivity contribution >= 4 is 54.1 Å². The van der Waals surface area contributed by atoms with E-state index in [4.69, 9.17) is 0 Å². The van der Waals surface area contributed by atoms with Crippen LogP contribution in [0.15, 0.2) is 84.9 Å². The monoisotopic (exact) mass is 706 g/mol. The van der Waals surface area contributed by atoms with Gasteiger partial charge in [-0.25, -0.2) is 0 Å². The van der Waals surface area contributed by atoms with Crippen LogP contribution in [-0.4, -0.2) is 34.9 Å². The van der Waals surface area contributed by atoms with Gasteiger partial charge in [-0.2, -0.15) is 0 Å². The number of carbonyl (C=O) groups is 6. The molecule has 2 atom stereocenters. The summed E-state index contributed by atoms with van der Waals surface area (Å²) in [5, 5.41) is 4.65. The molecule has 49 heavy (non-hydrogen) atoms. The zero-order chi connectivity index (χ0) is 35.0. The summed E-state index contributed by atoms with van der Waals surface area (Å²) in [5.74, 6) is -11.7. The van der Waals surface area contributed by atoms with E-state index in [-0.39, 0.29) is 11.1 Å². The van der Waals surface area contributed by atoms with E-state index in [1.54, 1.807) is 36.4 Å². The third-order valence-electron chi connectivity index (χ3n) is 9.18. The molecule has 8 nitrogen and oxygen atoms in total. The number of anilines is 2. The van der Waals surface area contributed by atoms with E-state index >= 15 is 17.6 Å². The molecule has 13 heteroatoms. The van der Waals surface area contributed by atoms with Crippen molar-refractivity contribution in [2.45, 2.75) is 34.1 Å². The molecule has 2 aliphatic carbocycles. The number of amides is 2. The van der Waals surface area contributed by atoms with E-state index in [2.05, 4.69) is 10.6 Å². The Morgan fingerprint density at radius 1 is 0.551 bits per heavy atom. The summed E-state index contributed by atoms with van der Waals surface area (Å²) in [7, 11) is 0. The van der Waals surface area contributed by atoms with Crippen molar-refractivity contribution < 1.29 is 62.9 Å².